The lowest BCUT2D eigenvalue weighted by Gasteiger charge is -2.25. The molecule has 1 heterocycles. The van der Waals surface area contributed by atoms with Gasteiger partial charge in [0.15, 0.2) is 6.17 Å². The molecule has 0 unspecified atom stereocenters. The average molecular weight is 286 g/mol. The van der Waals surface area contributed by atoms with Crippen molar-refractivity contribution in [1.82, 2.24) is 20.1 Å². The van der Waals surface area contributed by atoms with Crippen LogP contribution in [-0.4, -0.2) is 24.5 Å². The summed E-state index contributed by atoms with van der Waals surface area (Å²) in [6.07, 6.45) is 1.79. The molecule has 0 aliphatic heterocycles. The second kappa shape index (κ2) is 5.21. The Balaban J connectivity index is 2.86. The normalized spacial score (nSPS) is 13.9. The minimum absolute atomic E-state index is 0.210. The van der Waals surface area contributed by atoms with Crippen molar-refractivity contribution in [3.8, 4) is 0 Å². The number of nitrogens with zero attached hydrogens (tertiary/aromatic N) is 3. The van der Waals surface area contributed by atoms with Gasteiger partial charge in [0.2, 0.25) is 9.70 Å². The van der Waals surface area contributed by atoms with Crippen LogP contribution in [0.25, 0.3) is 0 Å². The standard InChI is InChI=1S/C8H11Cl3N4O/c1-5(2)6(16)14-7(8(9,10)11)15-4-12-3-13-15/h3-5,7H,1-2H3,(H,14,16)/t7-/m0/s1. The smallest absolute Gasteiger partial charge is 0.230 e. The largest absolute Gasteiger partial charge is 0.330 e. The molecule has 90 valence electrons. The van der Waals surface area contributed by atoms with Crippen molar-refractivity contribution < 1.29 is 4.79 Å². The average Bonchev–Trinajstić information content (AvgIpc) is 2.63. The van der Waals surface area contributed by atoms with Gasteiger partial charge in [0.1, 0.15) is 12.7 Å². The number of aromatic nitrogens is 3. The van der Waals surface area contributed by atoms with E-state index in [4.69, 9.17) is 34.8 Å². The van der Waals surface area contributed by atoms with Crippen molar-refractivity contribution in [2.24, 2.45) is 5.92 Å². The van der Waals surface area contributed by atoms with E-state index in [1.807, 2.05) is 0 Å². The molecule has 1 aromatic rings. The van der Waals surface area contributed by atoms with E-state index in [0.29, 0.717) is 0 Å². The molecule has 1 N–H and O–H groups in total. The fourth-order valence-electron chi connectivity index (χ4n) is 0.950. The van der Waals surface area contributed by atoms with E-state index in [2.05, 4.69) is 15.4 Å². The van der Waals surface area contributed by atoms with Crippen molar-refractivity contribution in [3.63, 3.8) is 0 Å². The lowest BCUT2D eigenvalue weighted by Crippen LogP contribution is -2.42. The van der Waals surface area contributed by atoms with Gasteiger partial charge in [-0.3, -0.25) is 4.79 Å². The van der Waals surface area contributed by atoms with Gasteiger partial charge in [0.05, 0.1) is 0 Å². The van der Waals surface area contributed by atoms with Gasteiger partial charge < -0.3 is 5.32 Å². The Morgan fingerprint density at radius 1 is 1.44 bits per heavy atom. The monoisotopic (exact) mass is 284 g/mol. The zero-order chi connectivity index (χ0) is 12.3. The maximum atomic E-state index is 11.5. The molecule has 1 rings (SSSR count). The van der Waals surface area contributed by atoms with Crippen LogP contribution >= 0.6 is 34.8 Å². The zero-order valence-electron chi connectivity index (χ0n) is 8.69. The molecule has 0 aliphatic rings. The third-order valence-electron chi connectivity index (χ3n) is 1.81. The minimum atomic E-state index is -1.70. The molecule has 1 atom stereocenters. The molecule has 1 amide bonds. The highest BCUT2D eigenvalue weighted by Crippen LogP contribution is 2.36. The second-order valence-corrected chi connectivity index (χ2v) is 5.85. The maximum Gasteiger partial charge on any atom is 0.230 e. The molecule has 0 aliphatic carbocycles. The molecule has 0 radical (unpaired) electrons. The summed E-state index contributed by atoms with van der Waals surface area (Å²) < 4.78 is -0.411. The molecule has 0 fully saturated rings. The van der Waals surface area contributed by atoms with Gasteiger partial charge in [-0.15, -0.1) is 0 Å². The van der Waals surface area contributed by atoms with Gasteiger partial charge >= 0.3 is 0 Å². The fourth-order valence-corrected chi connectivity index (χ4v) is 1.41. The Kier molecular flexibility index (Phi) is 4.41. The van der Waals surface area contributed by atoms with E-state index in [-0.39, 0.29) is 11.8 Å². The first kappa shape index (κ1) is 13.5. The quantitative estimate of drug-likeness (QED) is 0.863. The molecule has 0 saturated carbocycles. The Morgan fingerprint density at radius 3 is 2.44 bits per heavy atom. The number of rotatable bonds is 3. The molecule has 8 heteroatoms. The van der Waals surface area contributed by atoms with Crippen LogP contribution in [-0.2, 0) is 4.79 Å². The van der Waals surface area contributed by atoms with E-state index in [1.165, 1.54) is 17.3 Å². The van der Waals surface area contributed by atoms with Crippen LogP contribution in [0.1, 0.15) is 20.0 Å². The highest BCUT2D eigenvalue weighted by Gasteiger charge is 2.36. The van der Waals surface area contributed by atoms with Crippen LogP contribution in [0.4, 0.5) is 0 Å². The third-order valence-corrected chi connectivity index (χ3v) is 2.43. The van der Waals surface area contributed by atoms with Crippen LogP contribution < -0.4 is 5.32 Å². The van der Waals surface area contributed by atoms with E-state index >= 15 is 0 Å². The van der Waals surface area contributed by atoms with E-state index < -0.39 is 9.96 Å². The minimum Gasteiger partial charge on any atom is -0.330 e. The van der Waals surface area contributed by atoms with Gasteiger partial charge in [0.25, 0.3) is 0 Å². The molecule has 16 heavy (non-hydrogen) atoms. The number of alkyl halides is 3. The molecular formula is C8H11Cl3N4O. The van der Waals surface area contributed by atoms with Gasteiger partial charge in [-0.25, -0.2) is 9.67 Å². The van der Waals surface area contributed by atoms with Crippen molar-refractivity contribution in [2.45, 2.75) is 23.8 Å². The Labute approximate surface area is 108 Å². The third kappa shape index (κ3) is 3.50. The van der Waals surface area contributed by atoms with Gasteiger partial charge in [-0.05, 0) is 0 Å². The molecule has 1 aromatic heterocycles. The van der Waals surface area contributed by atoms with Gasteiger partial charge in [-0.2, -0.15) is 5.10 Å². The first-order chi connectivity index (χ1) is 7.32. The highest BCUT2D eigenvalue weighted by atomic mass is 35.6. The predicted molar refractivity (Wildman–Crippen MR) is 62.3 cm³/mol. The van der Waals surface area contributed by atoms with Crippen molar-refractivity contribution >= 4 is 40.7 Å². The number of amides is 1. The Bertz CT molecular complexity index is 347. The predicted octanol–water partition coefficient (Wildman–Crippen LogP) is 1.92. The number of nitrogens with one attached hydrogen (secondary N) is 1. The van der Waals surface area contributed by atoms with Crippen LogP contribution in [0.15, 0.2) is 12.7 Å². The number of hydrogen-bond donors (Lipinski definition) is 1. The first-order valence-corrected chi connectivity index (χ1v) is 5.67. The van der Waals surface area contributed by atoms with Crippen molar-refractivity contribution in [1.29, 1.82) is 0 Å². The van der Waals surface area contributed by atoms with Crippen LogP contribution in [0, 0.1) is 5.92 Å². The summed E-state index contributed by atoms with van der Waals surface area (Å²) in [6.45, 7) is 3.48. The number of hydrogen-bond acceptors (Lipinski definition) is 3. The molecule has 0 bridgehead atoms. The lowest BCUT2D eigenvalue weighted by molar-refractivity contribution is -0.125. The summed E-state index contributed by atoms with van der Waals surface area (Å²) in [4.78, 5) is 15.3. The van der Waals surface area contributed by atoms with Crippen molar-refractivity contribution in [2.75, 3.05) is 0 Å². The van der Waals surface area contributed by atoms with Crippen molar-refractivity contribution in [3.05, 3.63) is 12.7 Å². The van der Waals surface area contributed by atoms with Crippen LogP contribution in [0.2, 0.25) is 0 Å². The molecule has 0 saturated heterocycles. The Hall–Kier alpha value is -0.520. The van der Waals surface area contributed by atoms with E-state index in [1.54, 1.807) is 13.8 Å². The number of carbonyl (C=O) groups excluding carboxylic acids is 1. The fraction of sp³-hybridized carbons (Fsp3) is 0.625. The molecular weight excluding hydrogens is 274 g/mol. The van der Waals surface area contributed by atoms with Gasteiger partial charge in [-0.1, -0.05) is 48.7 Å². The second-order valence-electron chi connectivity index (χ2n) is 3.48. The first-order valence-electron chi connectivity index (χ1n) is 4.53. The summed E-state index contributed by atoms with van der Waals surface area (Å²) in [7, 11) is 0. The van der Waals surface area contributed by atoms with E-state index in [0.717, 1.165) is 0 Å². The summed E-state index contributed by atoms with van der Waals surface area (Å²) >= 11 is 17.3. The van der Waals surface area contributed by atoms with Crippen LogP contribution in [0.5, 0.6) is 0 Å². The molecule has 5 nitrogen and oxygen atoms in total. The van der Waals surface area contributed by atoms with E-state index in [9.17, 15) is 4.79 Å². The molecule has 0 aromatic carbocycles. The molecule has 0 spiro atoms. The number of carbonyl (C=O) groups is 1. The summed E-state index contributed by atoms with van der Waals surface area (Å²) in [5.41, 5.74) is 0. The van der Waals surface area contributed by atoms with Gasteiger partial charge in [0, 0.05) is 5.92 Å². The maximum absolute atomic E-state index is 11.5. The Morgan fingerprint density at radius 2 is 2.06 bits per heavy atom. The summed E-state index contributed by atoms with van der Waals surface area (Å²) in [5, 5.41) is 6.42. The highest BCUT2D eigenvalue weighted by molar-refractivity contribution is 6.67. The summed E-state index contributed by atoms with van der Waals surface area (Å²) in [5.74, 6) is -0.440. The number of halogens is 3. The topological polar surface area (TPSA) is 59.8 Å². The summed E-state index contributed by atoms with van der Waals surface area (Å²) in [6, 6.07) is 0. The zero-order valence-corrected chi connectivity index (χ0v) is 11.0. The van der Waals surface area contributed by atoms with Crippen LogP contribution in [0.3, 0.4) is 0 Å². The SMILES string of the molecule is CC(C)C(=O)N[C@@H](n1cncn1)C(Cl)(Cl)Cl. The lowest BCUT2D eigenvalue weighted by atomic mass is 10.2.